The van der Waals surface area contributed by atoms with Gasteiger partial charge in [-0.1, -0.05) is 41.9 Å². The molecule has 3 rings (SSSR count). The maximum atomic E-state index is 11.9. The zero-order valence-corrected chi connectivity index (χ0v) is 15.1. The normalized spacial score (nSPS) is 11.2. The standard InChI is InChI=1S/C20H21ClN2O2/c1-3-23-18-10-13(2)8-9-15(18)16(19(23)20(24)25)12-22-11-14-6-4-5-7-17(14)21/h4-10,22H,3,11-12H2,1-2H3,(H,24,25). The second kappa shape index (κ2) is 7.30. The number of fused-ring (bicyclic) bond motifs is 1. The van der Waals surface area contributed by atoms with Gasteiger partial charge < -0.3 is 15.0 Å². The molecule has 0 unspecified atom stereocenters. The molecule has 0 saturated heterocycles. The fourth-order valence-electron chi connectivity index (χ4n) is 3.25. The van der Waals surface area contributed by atoms with Gasteiger partial charge in [-0.25, -0.2) is 4.79 Å². The topological polar surface area (TPSA) is 54.3 Å². The Morgan fingerprint density at radius 2 is 1.96 bits per heavy atom. The predicted molar refractivity (Wildman–Crippen MR) is 101 cm³/mol. The van der Waals surface area contributed by atoms with Gasteiger partial charge in [0.1, 0.15) is 5.69 Å². The van der Waals surface area contributed by atoms with Crippen LogP contribution in [0.25, 0.3) is 10.9 Å². The Hall–Kier alpha value is -2.30. The van der Waals surface area contributed by atoms with E-state index in [0.717, 1.165) is 27.6 Å². The van der Waals surface area contributed by atoms with Crippen molar-refractivity contribution in [1.29, 1.82) is 0 Å². The van der Waals surface area contributed by atoms with Crippen molar-refractivity contribution in [2.45, 2.75) is 33.5 Å². The van der Waals surface area contributed by atoms with Crippen molar-refractivity contribution in [2.75, 3.05) is 0 Å². The van der Waals surface area contributed by atoms with E-state index < -0.39 is 5.97 Å². The molecule has 0 fully saturated rings. The Morgan fingerprint density at radius 3 is 2.64 bits per heavy atom. The molecule has 2 N–H and O–H groups in total. The molecular formula is C20H21ClN2O2. The zero-order chi connectivity index (χ0) is 18.0. The van der Waals surface area contributed by atoms with Crippen LogP contribution in [0.3, 0.4) is 0 Å². The van der Waals surface area contributed by atoms with Crippen molar-refractivity contribution >= 4 is 28.5 Å². The molecule has 3 aromatic rings. The van der Waals surface area contributed by atoms with Crippen molar-refractivity contribution in [3.8, 4) is 0 Å². The molecule has 0 aliphatic rings. The maximum Gasteiger partial charge on any atom is 0.352 e. The quantitative estimate of drug-likeness (QED) is 0.678. The summed E-state index contributed by atoms with van der Waals surface area (Å²) in [6, 6.07) is 13.7. The second-order valence-corrected chi connectivity index (χ2v) is 6.50. The maximum absolute atomic E-state index is 11.9. The molecule has 4 nitrogen and oxygen atoms in total. The van der Waals surface area contributed by atoms with Gasteiger partial charge in [-0.3, -0.25) is 0 Å². The Morgan fingerprint density at radius 1 is 1.20 bits per heavy atom. The van der Waals surface area contributed by atoms with Crippen LogP contribution in [0.1, 0.15) is 34.1 Å². The first-order valence-corrected chi connectivity index (χ1v) is 8.69. The minimum Gasteiger partial charge on any atom is -0.477 e. The number of nitrogens with one attached hydrogen (secondary N) is 1. The van der Waals surface area contributed by atoms with Crippen molar-refractivity contribution in [3.63, 3.8) is 0 Å². The number of rotatable bonds is 6. The van der Waals surface area contributed by atoms with Crippen molar-refractivity contribution < 1.29 is 9.90 Å². The number of aryl methyl sites for hydroxylation is 2. The number of benzene rings is 2. The molecule has 130 valence electrons. The Balaban J connectivity index is 1.96. The number of carbonyl (C=O) groups is 1. The fourth-order valence-corrected chi connectivity index (χ4v) is 3.45. The lowest BCUT2D eigenvalue weighted by Crippen LogP contribution is -2.16. The molecule has 0 atom stereocenters. The van der Waals surface area contributed by atoms with E-state index in [4.69, 9.17) is 11.6 Å². The van der Waals surface area contributed by atoms with E-state index in [-0.39, 0.29) is 0 Å². The molecule has 5 heteroatoms. The average molecular weight is 357 g/mol. The highest BCUT2D eigenvalue weighted by atomic mass is 35.5. The summed E-state index contributed by atoms with van der Waals surface area (Å²) in [4.78, 5) is 11.9. The molecule has 25 heavy (non-hydrogen) atoms. The Bertz CT molecular complexity index is 931. The molecule has 2 aromatic carbocycles. The summed E-state index contributed by atoms with van der Waals surface area (Å²) in [5.74, 6) is -0.898. The monoisotopic (exact) mass is 356 g/mol. The van der Waals surface area contributed by atoms with Gasteiger partial charge in [0.2, 0.25) is 0 Å². The number of hydrogen-bond acceptors (Lipinski definition) is 2. The smallest absolute Gasteiger partial charge is 0.352 e. The molecular weight excluding hydrogens is 336 g/mol. The summed E-state index contributed by atoms with van der Waals surface area (Å²) < 4.78 is 1.87. The van der Waals surface area contributed by atoms with Crippen LogP contribution < -0.4 is 5.32 Å². The molecule has 0 radical (unpaired) electrons. The van der Waals surface area contributed by atoms with Gasteiger partial charge in [-0.15, -0.1) is 0 Å². The van der Waals surface area contributed by atoms with Gasteiger partial charge in [-0.2, -0.15) is 0 Å². The number of halogens is 1. The summed E-state index contributed by atoms with van der Waals surface area (Å²) in [6.45, 7) is 5.66. The third-order valence-electron chi connectivity index (χ3n) is 4.42. The van der Waals surface area contributed by atoms with E-state index in [0.29, 0.717) is 30.4 Å². The number of hydrogen-bond donors (Lipinski definition) is 2. The largest absolute Gasteiger partial charge is 0.477 e. The van der Waals surface area contributed by atoms with E-state index in [1.807, 2.05) is 60.9 Å². The van der Waals surface area contributed by atoms with Gasteiger partial charge in [-0.05, 0) is 37.1 Å². The number of carboxylic acid groups (broad SMARTS) is 1. The summed E-state index contributed by atoms with van der Waals surface area (Å²) in [5, 5.41) is 14.8. The first-order chi connectivity index (χ1) is 12.0. The van der Waals surface area contributed by atoms with E-state index in [9.17, 15) is 9.90 Å². The van der Waals surface area contributed by atoms with E-state index in [1.165, 1.54) is 0 Å². The van der Waals surface area contributed by atoms with Crippen LogP contribution in [0.4, 0.5) is 0 Å². The lowest BCUT2D eigenvalue weighted by Gasteiger charge is -2.08. The minimum atomic E-state index is -0.898. The molecule has 0 bridgehead atoms. The minimum absolute atomic E-state index is 0.356. The Kier molecular flexibility index (Phi) is 5.11. The summed E-state index contributed by atoms with van der Waals surface area (Å²) >= 11 is 6.19. The van der Waals surface area contributed by atoms with Gasteiger partial charge in [0.15, 0.2) is 0 Å². The first kappa shape index (κ1) is 17.5. The number of aromatic carboxylic acids is 1. The second-order valence-electron chi connectivity index (χ2n) is 6.09. The highest BCUT2D eigenvalue weighted by Crippen LogP contribution is 2.28. The van der Waals surface area contributed by atoms with E-state index in [2.05, 4.69) is 5.32 Å². The molecule has 0 spiro atoms. The van der Waals surface area contributed by atoms with Gasteiger partial charge in [0, 0.05) is 41.1 Å². The third-order valence-corrected chi connectivity index (χ3v) is 4.79. The number of aromatic nitrogens is 1. The SMILES string of the molecule is CCn1c(C(=O)O)c(CNCc2ccccc2Cl)c2ccc(C)cc21. The van der Waals surface area contributed by atoms with Crippen molar-refractivity contribution in [1.82, 2.24) is 9.88 Å². The van der Waals surface area contributed by atoms with Crippen LogP contribution in [-0.4, -0.2) is 15.6 Å². The molecule has 0 aliphatic heterocycles. The van der Waals surface area contributed by atoms with Gasteiger partial charge >= 0.3 is 5.97 Å². The first-order valence-electron chi connectivity index (χ1n) is 8.32. The molecule has 1 aromatic heterocycles. The van der Waals surface area contributed by atoms with Crippen LogP contribution in [0, 0.1) is 6.92 Å². The molecule has 1 heterocycles. The van der Waals surface area contributed by atoms with Crippen LogP contribution >= 0.6 is 11.6 Å². The molecule has 0 saturated carbocycles. The third kappa shape index (κ3) is 3.41. The number of carboxylic acids is 1. The van der Waals surface area contributed by atoms with E-state index >= 15 is 0 Å². The predicted octanol–water partition coefficient (Wildman–Crippen LogP) is 4.61. The molecule has 0 aliphatic carbocycles. The number of nitrogens with zero attached hydrogens (tertiary/aromatic N) is 1. The van der Waals surface area contributed by atoms with E-state index in [1.54, 1.807) is 0 Å². The van der Waals surface area contributed by atoms with Crippen LogP contribution in [-0.2, 0) is 19.6 Å². The summed E-state index contributed by atoms with van der Waals surface area (Å²) in [7, 11) is 0. The van der Waals surface area contributed by atoms with Crippen LogP contribution in [0.5, 0.6) is 0 Å². The average Bonchev–Trinajstić information content (AvgIpc) is 2.89. The fraction of sp³-hybridized carbons (Fsp3) is 0.250. The lowest BCUT2D eigenvalue weighted by molar-refractivity contribution is 0.0684. The summed E-state index contributed by atoms with van der Waals surface area (Å²) in [6.07, 6.45) is 0. The van der Waals surface area contributed by atoms with Crippen LogP contribution in [0.2, 0.25) is 5.02 Å². The lowest BCUT2D eigenvalue weighted by atomic mass is 10.1. The summed E-state index contributed by atoms with van der Waals surface area (Å²) in [5.41, 5.74) is 4.25. The highest BCUT2D eigenvalue weighted by Gasteiger charge is 2.21. The highest BCUT2D eigenvalue weighted by molar-refractivity contribution is 6.31. The molecule has 0 amide bonds. The van der Waals surface area contributed by atoms with Crippen LogP contribution in [0.15, 0.2) is 42.5 Å². The van der Waals surface area contributed by atoms with Crippen molar-refractivity contribution in [2.24, 2.45) is 0 Å². The Labute approximate surface area is 152 Å². The van der Waals surface area contributed by atoms with Crippen molar-refractivity contribution in [3.05, 3.63) is 69.9 Å². The van der Waals surface area contributed by atoms with Gasteiger partial charge in [0.25, 0.3) is 0 Å². The zero-order valence-electron chi connectivity index (χ0n) is 14.3. The van der Waals surface area contributed by atoms with Gasteiger partial charge in [0.05, 0.1) is 0 Å².